The molecule has 0 spiro atoms. The van der Waals surface area contributed by atoms with Gasteiger partial charge in [-0.2, -0.15) is 0 Å². The zero-order chi connectivity index (χ0) is 13.5. The average molecular weight is 273 g/mol. The van der Waals surface area contributed by atoms with Gasteiger partial charge in [0.2, 0.25) is 5.91 Å². The van der Waals surface area contributed by atoms with Crippen molar-refractivity contribution >= 4 is 17.5 Å². The van der Waals surface area contributed by atoms with Crippen LogP contribution in [-0.2, 0) is 11.2 Å². The van der Waals surface area contributed by atoms with Gasteiger partial charge in [-0.3, -0.25) is 4.79 Å². The van der Waals surface area contributed by atoms with Gasteiger partial charge in [0.1, 0.15) is 5.82 Å². The molecule has 1 rings (SSSR count). The fourth-order valence-electron chi connectivity index (χ4n) is 1.49. The highest BCUT2D eigenvalue weighted by Crippen LogP contribution is 2.19. The van der Waals surface area contributed by atoms with E-state index in [-0.39, 0.29) is 22.9 Å². The maximum absolute atomic E-state index is 13.4. The van der Waals surface area contributed by atoms with Crippen molar-refractivity contribution in [3.8, 4) is 0 Å². The van der Waals surface area contributed by atoms with E-state index in [1.807, 2.05) is 13.8 Å². The SMILES string of the molecule is CC(C)NCCNC(=O)Cc1c(F)cccc1Cl. The van der Waals surface area contributed by atoms with Gasteiger partial charge in [-0.05, 0) is 12.1 Å². The molecule has 0 unspecified atom stereocenters. The highest BCUT2D eigenvalue weighted by Gasteiger charge is 2.11. The highest BCUT2D eigenvalue weighted by molar-refractivity contribution is 6.31. The molecule has 0 aliphatic carbocycles. The third-order valence-electron chi connectivity index (χ3n) is 2.40. The monoisotopic (exact) mass is 272 g/mol. The van der Waals surface area contributed by atoms with Crippen molar-refractivity contribution in [2.45, 2.75) is 26.3 Å². The van der Waals surface area contributed by atoms with E-state index in [9.17, 15) is 9.18 Å². The molecular weight excluding hydrogens is 255 g/mol. The van der Waals surface area contributed by atoms with Gasteiger partial charge < -0.3 is 10.6 Å². The van der Waals surface area contributed by atoms with Crippen molar-refractivity contribution in [3.05, 3.63) is 34.6 Å². The number of halogens is 2. The molecule has 3 nitrogen and oxygen atoms in total. The first-order valence-corrected chi connectivity index (χ1v) is 6.31. The van der Waals surface area contributed by atoms with E-state index in [4.69, 9.17) is 11.6 Å². The van der Waals surface area contributed by atoms with Gasteiger partial charge in [-0.15, -0.1) is 0 Å². The number of nitrogens with one attached hydrogen (secondary N) is 2. The van der Waals surface area contributed by atoms with Crippen LogP contribution in [0.15, 0.2) is 18.2 Å². The Morgan fingerprint density at radius 2 is 2.11 bits per heavy atom. The average Bonchev–Trinajstić information content (AvgIpc) is 2.29. The zero-order valence-electron chi connectivity index (χ0n) is 10.6. The van der Waals surface area contributed by atoms with Crippen LogP contribution in [0.5, 0.6) is 0 Å². The Kier molecular flexibility index (Phi) is 6.09. The summed E-state index contributed by atoms with van der Waals surface area (Å²) in [6.45, 7) is 5.26. The molecule has 1 aromatic carbocycles. The van der Waals surface area contributed by atoms with Crippen LogP contribution in [0, 0.1) is 5.82 Å². The van der Waals surface area contributed by atoms with Gasteiger partial charge in [0, 0.05) is 29.7 Å². The lowest BCUT2D eigenvalue weighted by molar-refractivity contribution is -0.120. The summed E-state index contributed by atoms with van der Waals surface area (Å²) in [5.74, 6) is -0.675. The Hall–Kier alpha value is -1.13. The van der Waals surface area contributed by atoms with Crippen molar-refractivity contribution in [2.75, 3.05) is 13.1 Å². The first-order valence-electron chi connectivity index (χ1n) is 5.93. The van der Waals surface area contributed by atoms with Gasteiger partial charge in [0.25, 0.3) is 0 Å². The van der Waals surface area contributed by atoms with Gasteiger partial charge in [0.15, 0.2) is 0 Å². The normalized spacial score (nSPS) is 10.7. The fourth-order valence-corrected chi connectivity index (χ4v) is 1.72. The summed E-state index contributed by atoms with van der Waals surface area (Å²) in [6, 6.07) is 4.77. The van der Waals surface area contributed by atoms with Gasteiger partial charge in [-0.1, -0.05) is 31.5 Å². The molecule has 0 heterocycles. The van der Waals surface area contributed by atoms with E-state index in [0.717, 1.165) is 0 Å². The summed E-state index contributed by atoms with van der Waals surface area (Å²) in [5, 5.41) is 6.17. The van der Waals surface area contributed by atoms with Crippen LogP contribution in [0.4, 0.5) is 4.39 Å². The molecule has 0 aliphatic heterocycles. The molecule has 2 N–H and O–H groups in total. The van der Waals surface area contributed by atoms with Crippen molar-refractivity contribution in [1.29, 1.82) is 0 Å². The minimum Gasteiger partial charge on any atom is -0.355 e. The zero-order valence-corrected chi connectivity index (χ0v) is 11.4. The van der Waals surface area contributed by atoms with Crippen LogP contribution >= 0.6 is 11.6 Å². The topological polar surface area (TPSA) is 41.1 Å². The maximum Gasteiger partial charge on any atom is 0.224 e. The Morgan fingerprint density at radius 3 is 2.72 bits per heavy atom. The Balaban J connectivity index is 2.40. The molecule has 0 aliphatic rings. The Labute approximate surface area is 112 Å². The van der Waals surface area contributed by atoms with Crippen LogP contribution in [0.3, 0.4) is 0 Å². The molecule has 0 radical (unpaired) electrons. The number of amides is 1. The van der Waals surface area contributed by atoms with E-state index < -0.39 is 5.82 Å². The summed E-state index contributed by atoms with van der Waals surface area (Å²) in [6.07, 6.45) is -0.0345. The lowest BCUT2D eigenvalue weighted by Gasteiger charge is -2.10. The number of rotatable bonds is 6. The summed E-state index contributed by atoms with van der Waals surface area (Å²) in [7, 11) is 0. The number of hydrogen-bond donors (Lipinski definition) is 2. The van der Waals surface area contributed by atoms with Crippen molar-refractivity contribution in [2.24, 2.45) is 0 Å². The molecule has 0 bridgehead atoms. The van der Waals surface area contributed by atoms with E-state index >= 15 is 0 Å². The first-order chi connectivity index (χ1) is 8.50. The molecule has 1 amide bonds. The molecule has 1 aromatic rings. The molecular formula is C13H18ClFN2O. The molecule has 100 valence electrons. The molecule has 0 atom stereocenters. The molecule has 0 saturated heterocycles. The van der Waals surface area contributed by atoms with E-state index in [1.54, 1.807) is 6.07 Å². The lowest BCUT2D eigenvalue weighted by Crippen LogP contribution is -2.35. The smallest absolute Gasteiger partial charge is 0.224 e. The van der Waals surface area contributed by atoms with Gasteiger partial charge in [0.05, 0.1) is 6.42 Å². The largest absolute Gasteiger partial charge is 0.355 e. The van der Waals surface area contributed by atoms with Crippen LogP contribution in [0.25, 0.3) is 0 Å². The van der Waals surface area contributed by atoms with E-state index in [2.05, 4.69) is 10.6 Å². The minimum atomic E-state index is -0.446. The van der Waals surface area contributed by atoms with Crippen LogP contribution in [0.1, 0.15) is 19.4 Å². The fraction of sp³-hybridized carbons (Fsp3) is 0.462. The summed E-state index contributed by atoms with van der Waals surface area (Å²) >= 11 is 5.84. The third kappa shape index (κ3) is 5.02. The molecule has 18 heavy (non-hydrogen) atoms. The summed E-state index contributed by atoms with van der Waals surface area (Å²) < 4.78 is 13.4. The van der Waals surface area contributed by atoms with Gasteiger partial charge in [-0.25, -0.2) is 4.39 Å². The van der Waals surface area contributed by atoms with Crippen molar-refractivity contribution < 1.29 is 9.18 Å². The predicted molar refractivity (Wildman–Crippen MR) is 71.3 cm³/mol. The third-order valence-corrected chi connectivity index (χ3v) is 2.75. The van der Waals surface area contributed by atoms with E-state index in [0.29, 0.717) is 19.1 Å². The lowest BCUT2D eigenvalue weighted by atomic mass is 10.1. The Bertz CT molecular complexity index is 390. The summed E-state index contributed by atoms with van der Waals surface area (Å²) in [5.41, 5.74) is 0.244. The standard InChI is InChI=1S/C13H18ClFN2O/c1-9(2)16-6-7-17-13(18)8-10-11(14)4-3-5-12(10)15/h3-5,9,16H,6-8H2,1-2H3,(H,17,18). The number of carbonyl (C=O) groups is 1. The number of benzene rings is 1. The second-order valence-electron chi connectivity index (χ2n) is 4.34. The molecule has 5 heteroatoms. The van der Waals surface area contributed by atoms with Crippen LogP contribution < -0.4 is 10.6 Å². The maximum atomic E-state index is 13.4. The van der Waals surface area contributed by atoms with Gasteiger partial charge >= 0.3 is 0 Å². The second kappa shape index (κ2) is 7.34. The quantitative estimate of drug-likeness (QED) is 0.779. The molecule has 0 aromatic heterocycles. The first kappa shape index (κ1) is 14.9. The number of carbonyl (C=O) groups excluding carboxylic acids is 1. The Morgan fingerprint density at radius 1 is 1.39 bits per heavy atom. The van der Waals surface area contributed by atoms with E-state index in [1.165, 1.54) is 12.1 Å². The number of hydrogen-bond acceptors (Lipinski definition) is 2. The van der Waals surface area contributed by atoms with Crippen LogP contribution in [0.2, 0.25) is 5.02 Å². The summed E-state index contributed by atoms with van der Waals surface area (Å²) in [4.78, 5) is 11.6. The molecule has 0 saturated carbocycles. The molecule has 0 fully saturated rings. The second-order valence-corrected chi connectivity index (χ2v) is 4.74. The van der Waals surface area contributed by atoms with Crippen molar-refractivity contribution in [3.63, 3.8) is 0 Å². The van der Waals surface area contributed by atoms with Crippen molar-refractivity contribution in [1.82, 2.24) is 10.6 Å². The minimum absolute atomic E-state index is 0.0345. The predicted octanol–water partition coefficient (Wildman–Crippen LogP) is 2.14. The highest BCUT2D eigenvalue weighted by atomic mass is 35.5. The van der Waals surface area contributed by atoms with Crippen LogP contribution in [-0.4, -0.2) is 25.0 Å².